The van der Waals surface area contributed by atoms with E-state index in [1.807, 2.05) is 24.8 Å². The van der Waals surface area contributed by atoms with Crippen LogP contribution in [-0.4, -0.2) is 70.7 Å². The molecule has 2 aliphatic rings. The second kappa shape index (κ2) is 12.6. The summed E-state index contributed by atoms with van der Waals surface area (Å²) in [7, 11) is 2.06. The number of carbonyl (C=O) groups is 3. The van der Waals surface area contributed by atoms with Crippen LogP contribution in [0.25, 0.3) is 22.8 Å². The summed E-state index contributed by atoms with van der Waals surface area (Å²) >= 11 is 0. The number of aromatic amines is 2. The minimum atomic E-state index is -0.624. The minimum Gasteiger partial charge on any atom is -0.366 e. The number of piperazine rings is 1. The molecule has 2 aromatic heterocycles. The van der Waals surface area contributed by atoms with Crippen LogP contribution in [0, 0.1) is 19.7 Å². The molecule has 0 bridgehead atoms. The number of anilines is 2. The van der Waals surface area contributed by atoms with Crippen LogP contribution in [-0.2, 0) is 16.0 Å². The number of rotatable bonds is 7. The summed E-state index contributed by atoms with van der Waals surface area (Å²) in [5.41, 5.74) is 6.03. The predicted molar refractivity (Wildman–Crippen MR) is 176 cm³/mol. The van der Waals surface area contributed by atoms with Crippen molar-refractivity contribution in [1.29, 1.82) is 0 Å². The number of nitrogens with one attached hydrogen (secondary N) is 4. The molecule has 0 radical (unpaired) electrons. The Hall–Kier alpha value is -5.29. The first kappa shape index (κ1) is 30.7. The zero-order valence-corrected chi connectivity index (χ0v) is 25.9. The molecule has 10 nitrogen and oxygen atoms in total. The van der Waals surface area contributed by atoms with Crippen LogP contribution in [0.1, 0.15) is 44.9 Å². The lowest BCUT2D eigenvalue weighted by atomic mass is 10.0. The van der Waals surface area contributed by atoms with Crippen LogP contribution >= 0.6 is 0 Å². The fourth-order valence-corrected chi connectivity index (χ4v) is 6.04. The Morgan fingerprint density at radius 1 is 0.978 bits per heavy atom. The van der Waals surface area contributed by atoms with Gasteiger partial charge in [0.1, 0.15) is 11.4 Å². The molecule has 0 spiro atoms. The highest BCUT2D eigenvalue weighted by Gasteiger charge is 2.26. The third kappa shape index (κ3) is 6.14. The Balaban J connectivity index is 1.17. The zero-order valence-electron chi connectivity index (χ0n) is 25.9. The Morgan fingerprint density at radius 2 is 1.72 bits per heavy atom. The molecule has 2 aromatic carbocycles. The number of H-pyrrole nitrogens is 2. The Morgan fingerprint density at radius 3 is 2.46 bits per heavy atom. The molecule has 0 atom stereocenters. The van der Waals surface area contributed by atoms with E-state index < -0.39 is 17.2 Å². The van der Waals surface area contributed by atoms with Gasteiger partial charge in [-0.3, -0.25) is 19.2 Å². The number of hydrogen-bond donors (Lipinski definition) is 4. The number of nitrogens with zero attached hydrogens (tertiary/aromatic N) is 2. The van der Waals surface area contributed by atoms with Gasteiger partial charge in [0, 0.05) is 73.2 Å². The highest BCUT2D eigenvalue weighted by molar-refractivity contribution is 6.35. The molecule has 2 aliphatic heterocycles. The largest absolute Gasteiger partial charge is 0.366 e. The highest BCUT2D eigenvalue weighted by Crippen LogP contribution is 2.36. The molecular formula is C35H35FN6O4. The summed E-state index contributed by atoms with van der Waals surface area (Å²) in [5, 5.41) is 5.60. The fraction of sp³-hybridized carbons (Fsp3) is 0.257. The molecule has 0 saturated carbocycles. The van der Waals surface area contributed by atoms with E-state index in [0.29, 0.717) is 40.9 Å². The van der Waals surface area contributed by atoms with Crippen LogP contribution in [0.3, 0.4) is 0 Å². The van der Waals surface area contributed by atoms with E-state index in [0.717, 1.165) is 48.7 Å². The molecule has 6 rings (SSSR count). The van der Waals surface area contributed by atoms with Crippen LogP contribution in [0.15, 0.2) is 59.7 Å². The van der Waals surface area contributed by atoms with Gasteiger partial charge in [-0.1, -0.05) is 18.2 Å². The molecule has 4 N–H and O–H groups in total. The van der Waals surface area contributed by atoms with Gasteiger partial charge in [0.2, 0.25) is 11.3 Å². The van der Waals surface area contributed by atoms with Crippen LogP contribution < -0.4 is 16.1 Å². The first-order valence-electron chi connectivity index (χ1n) is 15.2. The van der Waals surface area contributed by atoms with Gasteiger partial charge in [-0.05, 0) is 74.3 Å². The van der Waals surface area contributed by atoms with Crippen LogP contribution in [0.5, 0.6) is 0 Å². The summed E-state index contributed by atoms with van der Waals surface area (Å²) in [4.78, 5) is 62.4. The van der Waals surface area contributed by atoms with Gasteiger partial charge in [0.25, 0.3) is 11.8 Å². The molecule has 0 unspecified atom stereocenters. The summed E-state index contributed by atoms with van der Waals surface area (Å²) in [6, 6.07) is 10.5. The van der Waals surface area contributed by atoms with E-state index in [-0.39, 0.29) is 22.9 Å². The highest BCUT2D eigenvalue weighted by atomic mass is 19.1. The van der Waals surface area contributed by atoms with E-state index in [2.05, 4.69) is 32.5 Å². The number of amides is 3. The number of benzene rings is 2. The number of aromatic nitrogens is 2. The zero-order chi connectivity index (χ0) is 32.5. The first-order chi connectivity index (χ1) is 22.1. The average Bonchev–Trinajstić information content (AvgIpc) is 3.49. The molecular weight excluding hydrogens is 587 g/mol. The van der Waals surface area contributed by atoms with Crippen LogP contribution in [0.4, 0.5) is 15.8 Å². The van der Waals surface area contributed by atoms with Gasteiger partial charge in [0.15, 0.2) is 0 Å². The molecule has 236 valence electrons. The summed E-state index contributed by atoms with van der Waals surface area (Å²) in [6.45, 7) is 7.24. The lowest BCUT2D eigenvalue weighted by molar-refractivity contribution is -0.132. The first-order valence-corrected chi connectivity index (χ1v) is 15.2. The number of halogens is 1. The van der Waals surface area contributed by atoms with E-state index in [4.69, 9.17) is 0 Å². The van der Waals surface area contributed by atoms with E-state index in [9.17, 15) is 23.6 Å². The number of fused-ring (bicyclic) bond motifs is 1. The Labute approximate surface area is 265 Å². The SMILES string of the molecule is Cc1[nH]c(/C=C2\C(=O)Nc3cc(NC(=O)c4c[nH]cc(-c5ccc(F)cc5)c4=O)ccc32)c(C)c1CCC(=O)N1CCN(C)CC1. The molecule has 0 aliphatic carbocycles. The van der Waals surface area contributed by atoms with Gasteiger partial charge < -0.3 is 30.4 Å². The fourth-order valence-electron chi connectivity index (χ4n) is 6.04. The maximum Gasteiger partial charge on any atom is 0.261 e. The van der Waals surface area contributed by atoms with E-state index >= 15 is 0 Å². The van der Waals surface area contributed by atoms with Crippen molar-refractivity contribution in [2.75, 3.05) is 43.9 Å². The van der Waals surface area contributed by atoms with Crippen molar-refractivity contribution < 1.29 is 18.8 Å². The van der Waals surface area contributed by atoms with Crippen LogP contribution in [0.2, 0.25) is 0 Å². The number of hydrogen-bond acceptors (Lipinski definition) is 5. The van der Waals surface area contributed by atoms with Crippen molar-refractivity contribution in [1.82, 2.24) is 19.8 Å². The standard InChI is InChI=1S/C35H35FN6O4/c1-20-25(10-11-32(43)42-14-12-41(3)13-15-42)21(2)38-30(20)17-27-26-9-8-24(16-31(26)40-34(27)45)39-35(46)29-19-37-18-28(33(29)44)22-4-6-23(36)7-5-22/h4-9,16-19,38H,10-15H2,1-3H3,(H,37,44)(H,39,46)(H,40,45)/b27-17-. The maximum atomic E-state index is 13.4. The molecule has 1 fully saturated rings. The number of likely N-dealkylation sites (N-methyl/N-ethyl adjacent to an activating group) is 1. The smallest absolute Gasteiger partial charge is 0.261 e. The van der Waals surface area contributed by atoms with Crippen molar-refractivity contribution in [3.8, 4) is 11.1 Å². The van der Waals surface area contributed by atoms with E-state index in [1.165, 1.54) is 36.7 Å². The molecule has 4 aromatic rings. The summed E-state index contributed by atoms with van der Waals surface area (Å²) in [5.74, 6) is -1.17. The second-order valence-electron chi connectivity index (χ2n) is 11.8. The van der Waals surface area contributed by atoms with Crippen molar-refractivity contribution in [3.63, 3.8) is 0 Å². The van der Waals surface area contributed by atoms with Gasteiger partial charge in [-0.15, -0.1) is 0 Å². The topological polar surface area (TPSA) is 130 Å². The van der Waals surface area contributed by atoms with Gasteiger partial charge in [-0.25, -0.2) is 4.39 Å². The van der Waals surface area contributed by atoms with E-state index in [1.54, 1.807) is 18.2 Å². The monoisotopic (exact) mass is 622 g/mol. The van der Waals surface area contributed by atoms with Crippen molar-refractivity contribution in [2.45, 2.75) is 26.7 Å². The van der Waals surface area contributed by atoms with Crippen molar-refractivity contribution in [3.05, 3.63) is 105 Å². The summed E-state index contributed by atoms with van der Waals surface area (Å²) < 4.78 is 13.4. The lowest BCUT2D eigenvalue weighted by Crippen LogP contribution is -2.47. The second-order valence-corrected chi connectivity index (χ2v) is 11.8. The summed E-state index contributed by atoms with van der Waals surface area (Å²) in [6.07, 6.45) is 5.64. The minimum absolute atomic E-state index is 0.106. The molecule has 1 saturated heterocycles. The Kier molecular flexibility index (Phi) is 8.42. The quantitative estimate of drug-likeness (QED) is 0.224. The Bertz CT molecular complexity index is 1930. The maximum absolute atomic E-state index is 13.4. The van der Waals surface area contributed by atoms with Crippen molar-refractivity contribution >= 4 is 40.7 Å². The molecule has 4 heterocycles. The average molecular weight is 623 g/mol. The number of pyridine rings is 1. The molecule has 3 amide bonds. The number of carbonyl (C=O) groups excluding carboxylic acids is 3. The number of aryl methyl sites for hydroxylation is 1. The lowest BCUT2D eigenvalue weighted by Gasteiger charge is -2.32. The third-order valence-corrected chi connectivity index (χ3v) is 8.77. The van der Waals surface area contributed by atoms with Gasteiger partial charge >= 0.3 is 0 Å². The normalized spacial score (nSPS) is 15.6. The molecule has 46 heavy (non-hydrogen) atoms. The van der Waals surface area contributed by atoms with Crippen molar-refractivity contribution in [2.24, 2.45) is 0 Å². The van der Waals surface area contributed by atoms with Gasteiger partial charge in [-0.2, -0.15) is 0 Å². The predicted octanol–water partition coefficient (Wildman–Crippen LogP) is 4.58. The third-order valence-electron chi connectivity index (χ3n) is 8.77. The molecule has 11 heteroatoms. The van der Waals surface area contributed by atoms with Gasteiger partial charge in [0.05, 0.1) is 11.3 Å².